The molecule has 0 fully saturated rings. The SMILES string of the molecule is C=C1/C=C\C=C/C/C(c2cc(-c3nc(C4=CCCC=C4)nc(-c4ccc(-c5ccccc5)cc4)n3)c3c(c2)oc2ccccc23)=C\C=C/1. The van der Waals surface area contributed by atoms with Gasteiger partial charge in [0.2, 0.25) is 0 Å². The van der Waals surface area contributed by atoms with Crippen LogP contribution in [0.25, 0.3) is 67.0 Å². The molecule has 6 aromatic rings. The standard InChI is InChI=1S/C44H33N3O/c1-30-14-5-2-6-18-32(21-13-15-30)36-28-38(41-37-22-11-12-23-39(37)48-40(41)29-36)44-46-42(34-19-9-4-10-20-34)45-43(47-44)35-26-24-33(25-27-35)31-16-7-3-8-17-31/h2-3,5-9,11-17,19-29H,1,4,10,18H2/b6-2-,14-5-,15-13-,32-21+. The third-order valence-electron chi connectivity index (χ3n) is 8.73. The molecule has 0 saturated carbocycles. The van der Waals surface area contributed by atoms with Crippen LogP contribution in [0.2, 0.25) is 0 Å². The van der Waals surface area contributed by atoms with Gasteiger partial charge in [-0.1, -0.05) is 140 Å². The molecule has 0 spiro atoms. The highest BCUT2D eigenvalue weighted by molar-refractivity contribution is 6.12. The van der Waals surface area contributed by atoms with Crippen molar-refractivity contribution in [3.05, 3.63) is 175 Å². The Kier molecular flexibility index (Phi) is 7.89. The lowest BCUT2D eigenvalue weighted by atomic mass is 9.95. The molecular formula is C44H33N3O. The lowest BCUT2D eigenvalue weighted by Gasteiger charge is -2.13. The van der Waals surface area contributed by atoms with Crippen LogP contribution in [0.3, 0.4) is 0 Å². The zero-order valence-corrected chi connectivity index (χ0v) is 26.5. The molecule has 2 aliphatic rings. The molecule has 0 bridgehead atoms. The summed E-state index contributed by atoms with van der Waals surface area (Å²) < 4.78 is 6.50. The highest BCUT2D eigenvalue weighted by atomic mass is 16.3. The monoisotopic (exact) mass is 619 g/mol. The number of benzene rings is 4. The molecule has 0 radical (unpaired) electrons. The molecule has 4 heteroatoms. The van der Waals surface area contributed by atoms with Gasteiger partial charge in [0.15, 0.2) is 17.5 Å². The molecule has 2 aliphatic carbocycles. The summed E-state index contributed by atoms with van der Waals surface area (Å²) in [6.07, 6.45) is 23.7. The van der Waals surface area contributed by atoms with Crippen LogP contribution in [0.1, 0.15) is 30.7 Å². The van der Waals surface area contributed by atoms with Crippen LogP contribution in [0.5, 0.6) is 0 Å². The Morgan fingerprint density at radius 2 is 1.33 bits per heavy atom. The Labute approximate surface area is 280 Å². The predicted octanol–water partition coefficient (Wildman–Crippen LogP) is 11.5. The third-order valence-corrected chi connectivity index (χ3v) is 8.73. The first kappa shape index (κ1) is 29.3. The fourth-order valence-electron chi connectivity index (χ4n) is 6.27. The molecular weight excluding hydrogens is 587 g/mol. The van der Waals surface area contributed by atoms with Crippen molar-refractivity contribution in [1.29, 1.82) is 0 Å². The molecule has 48 heavy (non-hydrogen) atoms. The van der Waals surface area contributed by atoms with Crippen LogP contribution in [0, 0.1) is 0 Å². The van der Waals surface area contributed by atoms with Crippen LogP contribution in [-0.2, 0) is 0 Å². The number of aromatic nitrogens is 3. The average Bonchev–Trinajstić information content (AvgIpc) is 3.53. The van der Waals surface area contributed by atoms with Gasteiger partial charge in [-0.15, -0.1) is 0 Å². The van der Waals surface area contributed by atoms with Gasteiger partial charge in [-0.2, -0.15) is 0 Å². The summed E-state index contributed by atoms with van der Waals surface area (Å²) in [4.78, 5) is 15.4. The highest BCUT2D eigenvalue weighted by Gasteiger charge is 2.20. The first-order valence-corrected chi connectivity index (χ1v) is 16.3. The Hall–Kier alpha value is -6.13. The van der Waals surface area contributed by atoms with Crippen molar-refractivity contribution in [3.8, 4) is 33.9 Å². The molecule has 230 valence electrons. The summed E-state index contributed by atoms with van der Waals surface area (Å²) in [6, 6.07) is 31.4. The minimum atomic E-state index is 0.614. The summed E-state index contributed by atoms with van der Waals surface area (Å²) in [5.41, 5.74) is 9.94. The van der Waals surface area contributed by atoms with E-state index in [1.54, 1.807) is 0 Å². The van der Waals surface area contributed by atoms with E-state index in [9.17, 15) is 0 Å². The van der Waals surface area contributed by atoms with Crippen molar-refractivity contribution in [1.82, 2.24) is 15.0 Å². The molecule has 0 atom stereocenters. The number of allylic oxidation sites excluding steroid dienone is 13. The number of nitrogens with zero attached hydrogens (tertiary/aromatic N) is 3. The van der Waals surface area contributed by atoms with Gasteiger partial charge in [0, 0.05) is 27.5 Å². The fourth-order valence-corrected chi connectivity index (χ4v) is 6.27. The molecule has 0 saturated heterocycles. The Balaban J connectivity index is 1.34. The molecule has 0 N–H and O–H groups in total. The van der Waals surface area contributed by atoms with Gasteiger partial charge < -0.3 is 4.42 Å². The number of rotatable bonds is 5. The van der Waals surface area contributed by atoms with E-state index in [2.05, 4.69) is 116 Å². The van der Waals surface area contributed by atoms with Crippen molar-refractivity contribution in [3.63, 3.8) is 0 Å². The van der Waals surface area contributed by atoms with E-state index in [0.717, 1.165) is 80.2 Å². The van der Waals surface area contributed by atoms with Crippen molar-refractivity contribution in [2.45, 2.75) is 19.3 Å². The van der Waals surface area contributed by atoms with E-state index in [0.29, 0.717) is 17.5 Å². The Morgan fingerprint density at radius 1 is 0.583 bits per heavy atom. The first-order valence-electron chi connectivity index (χ1n) is 16.3. The number of para-hydroxylation sites is 1. The van der Waals surface area contributed by atoms with Crippen LogP contribution in [0.4, 0.5) is 0 Å². The largest absolute Gasteiger partial charge is 0.456 e. The molecule has 0 unspecified atom stereocenters. The Morgan fingerprint density at radius 3 is 2.19 bits per heavy atom. The minimum absolute atomic E-state index is 0.614. The van der Waals surface area contributed by atoms with E-state index in [4.69, 9.17) is 19.4 Å². The van der Waals surface area contributed by atoms with Gasteiger partial charge >= 0.3 is 0 Å². The minimum Gasteiger partial charge on any atom is -0.456 e. The summed E-state index contributed by atoms with van der Waals surface area (Å²) in [7, 11) is 0. The maximum absolute atomic E-state index is 6.50. The third kappa shape index (κ3) is 5.92. The van der Waals surface area contributed by atoms with Crippen LogP contribution in [-0.4, -0.2) is 15.0 Å². The van der Waals surface area contributed by atoms with Gasteiger partial charge in [-0.3, -0.25) is 0 Å². The second-order valence-electron chi connectivity index (χ2n) is 12.0. The summed E-state index contributed by atoms with van der Waals surface area (Å²) in [6.45, 7) is 4.12. The molecule has 2 aromatic heterocycles. The average molecular weight is 620 g/mol. The maximum Gasteiger partial charge on any atom is 0.164 e. The van der Waals surface area contributed by atoms with Gasteiger partial charge in [0.1, 0.15) is 11.2 Å². The maximum atomic E-state index is 6.50. The zero-order valence-electron chi connectivity index (χ0n) is 26.5. The van der Waals surface area contributed by atoms with Gasteiger partial charge in [-0.25, -0.2) is 15.0 Å². The summed E-state index contributed by atoms with van der Waals surface area (Å²) in [5, 5.41) is 2.02. The van der Waals surface area contributed by atoms with Crippen molar-refractivity contribution in [2.75, 3.05) is 0 Å². The first-order chi connectivity index (χ1) is 23.7. The van der Waals surface area contributed by atoms with Gasteiger partial charge in [-0.05, 0) is 65.3 Å². The number of furan rings is 1. The smallest absolute Gasteiger partial charge is 0.164 e. The molecule has 0 aliphatic heterocycles. The van der Waals surface area contributed by atoms with Crippen molar-refractivity contribution < 1.29 is 4.42 Å². The van der Waals surface area contributed by atoms with Crippen LogP contribution >= 0.6 is 0 Å². The highest BCUT2D eigenvalue weighted by Crippen LogP contribution is 2.39. The lowest BCUT2D eigenvalue weighted by molar-refractivity contribution is 0.669. The number of hydrogen-bond donors (Lipinski definition) is 0. The van der Waals surface area contributed by atoms with E-state index in [-0.39, 0.29) is 0 Å². The Bertz CT molecular complexity index is 2360. The molecule has 2 heterocycles. The zero-order chi connectivity index (χ0) is 32.3. The predicted molar refractivity (Wildman–Crippen MR) is 199 cm³/mol. The second-order valence-corrected chi connectivity index (χ2v) is 12.0. The van der Waals surface area contributed by atoms with Crippen molar-refractivity contribution in [2.24, 2.45) is 0 Å². The molecule has 8 rings (SSSR count). The number of fused-ring (bicyclic) bond motifs is 3. The topological polar surface area (TPSA) is 51.8 Å². The van der Waals surface area contributed by atoms with E-state index in [1.165, 1.54) is 5.56 Å². The quantitative estimate of drug-likeness (QED) is 0.193. The lowest BCUT2D eigenvalue weighted by Crippen LogP contribution is -2.03. The normalized spacial score (nSPS) is 17.9. The summed E-state index contributed by atoms with van der Waals surface area (Å²) >= 11 is 0. The van der Waals surface area contributed by atoms with E-state index in [1.807, 2.05) is 42.5 Å². The van der Waals surface area contributed by atoms with Gasteiger partial charge in [0.25, 0.3) is 0 Å². The molecule has 4 aromatic carbocycles. The second kappa shape index (κ2) is 12.9. The van der Waals surface area contributed by atoms with Crippen LogP contribution in [0.15, 0.2) is 168 Å². The molecule has 4 nitrogen and oxygen atoms in total. The van der Waals surface area contributed by atoms with E-state index >= 15 is 0 Å². The summed E-state index contributed by atoms with van der Waals surface area (Å²) in [5.74, 6) is 1.91. The number of hydrogen-bond acceptors (Lipinski definition) is 4. The van der Waals surface area contributed by atoms with E-state index < -0.39 is 0 Å². The van der Waals surface area contributed by atoms with Crippen LogP contribution < -0.4 is 0 Å². The van der Waals surface area contributed by atoms with Gasteiger partial charge in [0.05, 0.1) is 0 Å². The fraction of sp³-hybridized carbons (Fsp3) is 0.0682. The van der Waals surface area contributed by atoms with Crippen molar-refractivity contribution >= 4 is 33.1 Å². The molecule has 0 amide bonds.